The van der Waals surface area contributed by atoms with Crippen molar-refractivity contribution in [1.82, 2.24) is 10.1 Å². The van der Waals surface area contributed by atoms with Crippen molar-refractivity contribution in [3.05, 3.63) is 40.5 Å². The summed E-state index contributed by atoms with van der Waals surface area (Å²) in [6.07, 6.45) is 0.576. The van der Waals surface area contributed by atoms with Crippen LogP contribution < -0.4 is 10.5 Å². The number of nitrogens with two attached hydrogens (primary N) is 1. The molecule has 0 saturated carbocycles. The fourth-order valence-corrected chi connectivity index (χ4v) is 1.72. The molecule has 0 unspecified atom stereocenters. The molecular weight excluding hydrogens is 254 g/mol. The Hall–Kier alpha value is -1.59. The van der Waals surface area contributed by atoms with Crippen molar-refractivity contribution in [2.75, 3.05) is 6.54 Å². The standard InChI is InChI=1S/C12H14ClN3O2/c1-8-6-9(13)2-3-10(8)17-7-11-15-12(4-5-14)18-16-11/h2-3,6H,4-5,7,14H2,1H3. The second-order valence-corrected chi connectivity index (χ2v) is 4.28. The van der Waals surface area contributed by atoms with Gasteiger partial charge >= 0.3 is 0 Å². The summed E-state index contributed by atoms with van der Waals surface area (Å²) in [5, 5.41) is 4.49. The number of hydrogen-bond donors (Lipinski definition) is 1. The highest BCUT2D eigenvalue weighted by Crippen LogP contribution is 2.22. The lowest BCUT2D eigenvalue weighted by Gasteiger charge is -2.06. The van der Waals surface area contributed by atoms with Gasteiger partial charge in [0.1, 0.15) is 5.75 Å². The van der Waals surface area contributed by atoms with Gasteiger partial charge in [0.05, 0.1) is 0 Å². The molecule has 96 valence electrons. The molecule has 2 aromatic rings. The Bertz CT molecular complexity index is 528. The van der Waals surface area contributed by atoms with Crippen LogP contribution in [0.4, 0.5) is 0 Å². The van der Waals surface area contributed by atoms with Gasteiger partial charge in [0, 0.05) is 18.0 Å². The molecule has 0 atom stereocenters. The summed E-state index contributed by atoms with van der Waals surface area (Å²) in [5.41, 5.74) is 6.36. The van der Waals surface area contributed by atoms with E-state index in [9.17, 15) is 0 Å². The number of rotatable bonds is 5. The zero-order chi connectivity index (χ0) is 13.0. The van der Waals surface area contributed by atoms with Gasteiger partial charge in [-0.25, -0.2) is 0 Å². The number of aromatic nitrogens is 2. The van der Waals surface area contributed by atoms with Crippen LogP contribution in [0.1, 0.15) is 17.3 Å². The number of hydrogen-bond acceptors (Lipinski definition) is 5. The normalized spacial score (nSPS) is 10.6. The van der Waals surface area contributed by atoms with E-state index in [0.717, 1.165) is 11.3 Å². The number of benzene rings is 1. The van der Waals surface area contributed by atoms with Crippen LogP contribution in [0.3, 0.4) is 0 Å². The molecule has 5 nitrogen and oxygen atoms in total. The molecule has 2 rings (SSSR count). The lowest BCUT2D eigenvalue weighted by Crippen LogP contribution is -2.03. The molecule has 0 aliphatic rings. The van der Waals surface area contributed by atoms with Crippen LogP contribution >= 0.6 is 11.6 Å². The van der Waals surface area contributed by atoms with Gasteiger partial charge in [-0.1, -0.05) is 16.8 Å². The molecule has 18 heavy (non-hydrogen) atoms. The van der Waals surface area contributed by atoms with Gasteiger partial charge in [-0.05, 0) is 30.7 Å². The smallest absolute Gasteiger partial charge is 0.228 e. The van der Waals surface area contributed by atoms with Crippen molar-refractivity contribution in [3.63, 3.8) is 0 Å². The van der Waals surface area contributed by atoms with Gasteiger partial charge in [-0.2, -0.15) is 4.98 Å². The molecular formula is C12H14ClN3O2. The van der Waals surface area contributed by atoms with E-state index < -0.39 is 0 Å². The van der Waals surface area contributed by atoms with E-state index >= 15 is 0 Å². The van der Waals surface area contributed by atoms with Gasteiger partial charge in [0.2, 0.25) is 11.7 Å². The van der Waals surface area contributed by atoms with Crippen LogP contribution in [0.5, 0.6) is 5.75 Å². The predicted molar refractivity (Wildman–Crippen MR) is 67.6 cm³/mol. The molecule has 1 aromatic carbocycles. The minimum Gasteiger partial charge on any atom is -0.485 e. The summed E-state index contributed by atoms with van der Waals surface area (Å²) in [7, 11) is 0. The lowest BCUT2D eigenvalue weighted by molar-refractivity contribution is 0.283. The van der Waals surface area contributed by atoms with Crippen LogP contribution in [-0.2, 0) is 13.0 Å². The van der Waals surface area contributed by atoms with E-state index in [1.54, 1.807) is 6.07 Å². The highest BCUT2D eigenvalue weighted by Gasteiger charge is 2.07. The van der Waals surface area contributed by atoms with Crippen molar-refractivity contribution in [3.8, 4) is 5.75 Å². The van der Waals surface area contributed by atoms with E-state index in [4.69, 9.17) is 26.6 Å². The number of aryl methyl sites for hydroxylation is 1. The van der Waals surface area contributed by atoms with Crippen molar-refractivity contribution < 1.29 is 9.26 Å². The van der Waals surface area contributed by atoms with Crippen molar-refractivity contribution in [2.45, 2.75) is 20.0 Å². The minimum atomic E-state index is 0.260. The van der Waals surface area contributed by atoms with Crippen molar-refractivity contribution in [2.24, 2.45) is 5.73 Å². The molecule has 0 bridgehead atoms. The molecule has 0 aliphatic carbocycles. The fraction of sp³-hybridized carbons (Fsp3) is 0.333. The zero-order valence-corrected chi connectivity index (χ0v) is 10.8. The second-order valence-electron chi connectivity index (χ2n) is 3.84. The Balaban J connectivity index is 1.97. The molecule has 0 amide bonds. The Morgan fingerprint density at radius 1 is 1.44 bits per heavy atom. The summed E-state index contributed by atoms with van der Waals surface area (Å²) < 4.78 is 10.6. The molecule has 0 radical (unpaired) electrons. The molecule has 1 heterocycles. The topological polar surface area (TPSA) is 74.2 Å². The molecule has 0 aliphatic heterocycles. The zero-order valence-electron chi connectivity index (χ0n) is 10.0. The molecule has 1 aromatic heterocycles. The predicted octanol–water partition coefficient (Wildman–Crippen LogP) is 2.11. The maximum Gasteiger partial charge on any atom is 0.228 e. The minimum absolute atomic E-state index is 0.260. The second kappa shape index (κ2) is 5.84. The lowest BCUT2D eigenvalue weighted by atomic mass is 10.2. The summed E-state index contributed by atoms with van der Waals surface area (Å²) >= 11 is 5.87. The van der Waals surface area contributed by atoms with Crippen LogP contribution in [0.2, 0.25) is 5.02 Å². The maximum absolute atomic E-state index is 5.87. The first kappa shape index (κ1) is 12.9. The van der Waals surface area contributed by atoms with Crippen LogP contribution in [0, 0.1) is 6.92 Å². The average molecular weight is 268 g/mol. The maximum atomic E-state index is 5.87. The van der Waals surface area contributed by atoms with Gasteiger partial charge in [0.25, 0.3) is 0 Å². The third-order valence-corrected chi connectivity index (χ3v) is 2.60. The Kier molecular flexibility index (Phi) is 4.17. The molecule has 0 spiro atoms. The largest absolute Gasteiger partial charge is 0.485 e. The molecule has 2 N–H and O–H groups in total. The van der Waals surface area contributed by atoms with Crippen LogP contribution in [0.25, 0.3) is 0 Å². The summed E-state index contributed by atoms with van der Waals surface area (Å²) in [6.45, 7) is 2.67. The van der Waals surface area contributed by atoms with E-state index in [1.807, 2.05) is 19.1 Å². The average Bonchev–Trinajstić information content (AvgIpc) is 2.76. The highest BCUT2D eigenvalue weighted by atomic mass is 35.5. The van der Waals surface area contributed by atoms with Gasteiger partial charge < -0.3 is 15.0 Å². The molecule has 0 saturated heterocycles. The van der Waals surface area contributed by atoms with E-state index in [0.29, 0.717) is 29.7 Å². The third-order valence-electron chi connectivity index (χ3n) is 2.36. The van der Waals surface area contributed by atoms with Crippen molar-refractivity contribution >= 4 is 11.6 Å². The molecule has 6 heteroatoms. The number of ether oxygens (including phenoxy) is 1. The van der Waals surface area contributed by atoms with Crippen LogP contribution in [0.15, 0.2) is 22.7 Å². The van der Waals surface area contributed by atoms with Gasteiger partial charge in [-0.3, -0.25) is 0 Å². The first-order valence-corrected chi connectivity index (χ1v) is 5.97. The summed E-state index contributed by atoms with van der Waals surface area (Å²) in [6, 6.07) is 5.44. The Morgan fingerprint density at radius 2 is 2.28 bits per heavy atom. The molecule has 0 fully saturated rings. The van der Waals surface area contributed by atoms with E-state index in [1.165, 1.54) is 0 Å². The summed E-state index contributed by atoms with van der Waals surface area (Å²) in [4.78, 5) is 4.15. The quantitative estimate of drug-likeness (QED) is 0.898. The monoisotopic (exact) mass is 267 g/mol. The van der Waals surface area contributed by atoms with E-state index in [-0.39, 0.29) is 6.61 Å². The van der Waals surface area contributed by atoms with Gasteiger partial charge in [0.15, 0.2) is 6.61 Å². The fourth-order valence-electron chi connectivity index (χ4n) is 1.49. The Labute approximate surface area is 110 Å². The first-order valence-electron chi connectivity index (χ1n) is 5.59. The van der Waals surface area contributed by atoms with E-state index in [2.05, 4.69) is 10.1 Å². The third kappa shape index (κ3) is 3.21. The van der Waals surface area contributed by atoms with Gasteiger partial charge in [-0.15, -0.1) is 0 Å². The highest BCUT2D eigenvalue weighted by molar-refractivity contribution is 6.30. The van der Waals surface area contributed by atoms with Crippen molar-refractivity contribution in [1.29, 1.82) is 0 Å². The number of nitrogens with zero attached hydrogens (tertiary/aromatic N) is 2. The number of halogens is 1. The SMILES string of the molecule is Cc1cc(Cl)ccc1OCc1noc(CCN)n1. The summed E-state index contributed by atoms with van der Waals surface area (Å²) in [5.74, 6) is 1.79. The first-order chi connectivity index (χ1) is 8.69. The van der Waals surface area contributed by atoms with Crippen LogP contribution in [-0.4, -0.2) is 16.7 Å². The Morgan fingerprint density at radius 3 is 3.00 bits per heavy atom.